The van der Waals surface area contributed by atoms with Crippen molar-refractivity contribution in [3.63, 3.8) is 0 Å². The number of fused-ring (bicyclic) bond motifs is 1. The number of hydrogen-bond acceptors (Lipinski definition) is 6. The van der Waals surface area contributed by atoms with E-state index in [0.29, 0.717) is 52.3 Å². The molecule has 1 aliphatic heterocycles. The van der Waals surface area contributed by atoms with Gasteiger partial charge < -0.3 is 25.8 Å². The summed E-state index contributed by atoms with van der Waals surface area (Å²) < 4.78 is 5.80. The molecule has 1 aromatic heterocycles. The fraction of sp³-hybridized carbons (Fsp3) is 0.250. The molecule has 0 spiro atoms. The van der Waals surface area contributed by atoms with Crippen molar-refractivity contribution < 1.29 is 14.6 Å². The highest BCUT2D eigenvalue weighted by molar-refractivity contribution is 6.37. The highest BCUT2D eigenvalue weighted by Crippen LogP contribution is 2.42. The summed E-state index contributed by atoms with van der Waals surface area (Å²) in [6, 6.07) is 2.99. The van der Waals surface area contributed by atoms with E-state index in [-0.39, 0.29) is 25.2 Å². The molecule has 156 valence electrons. The number of aromatic nitrogens is 2. The number of anilines is 1. The summed E-state index contributed by atoms with van der Waals surface area (Å²) >= 11 is 12.7. The normalized spacial score (nSPS) is 14.2. The second-order valence-corrected chi connectivity index (χ2v) is 7.65. The maximum absolute atomic E-state index is 12.6. The summed E-state index contributed by atoms with van der Waals surface area (Å²) in [5, 5.41) is 12.6. The molecule has 4 N–H and O–H groups in total. The summed E-state index contributed by atoms with van der Waals surface area (Å²) in [5.74, 6) is 0.497. The van der Waals surface area contributed by atoms with E-state index in [1.54, 1.807) is 17.0 Å². The second-order valence-electron chi connectivity index (χ2n) is 6.81. The molecule has 2 amide bonds. The number of nitrogens with one attached hydrogen (secondary N) is 1. The molecule has 2 heterocycles. The van der Waals surface area contributed by atoms with E-state index in [1.165, 1.54) is 0 Å². The molecule has 0 unspecified atom stereocenters. The number of aliphatic hydroxyl groups is 1. The zero-order valence-corrected chi connectivity index (χ0v) is 17.4. The minimum atomic E-state index is -0.241. The summed E-state index contributed by atoms with van der Waals surface area (Å²) in [4.78, 5) is 22.9. The van der Waals surface area contributed by atoms with Crippen LogP contribution in [0.2, 0.25) is 10.0 Å². The lowest BCUT2D eigenvalue weighted by Crippen LogP contribution is -2.36. The topological polar surface area (TPSA) is 114 Å². The van der Waals surface area contributed by atoms with Gasteiger partial charge in [-0.05, 0) is 24.3 Å². The Labute approximate surface area is 183 Å². The molecule has 4 rings (SSSR count). The zero-order chi connectivity index (χ0) is 21.3. The van der Waals surface area contributed by atoms with Gasteiger partial charge in [-0.1, -0.05) is 29.3 Å². The predicted octanol–water partition coefficient (Wildman–Crippen LogP) is 3.27. The fourth-order valence-electron chi connectivity index (χ4n) is 3.24. The molecule has 2 aromatic rings. The summed E-state index contributed by atoms with van der Waals surface area (Å²) in [6.07, 6.45) is 5.92. The molecule has 10 heteroatoms. The van der Waals surface area contributed by atoms with E-state index in [1.807, 2.05) is 18.2 Å². The van der Waals surface area contributed by atoms with Gasteiger partial charge in [0.25, 0.3) is 0 Å². The number of rotatable bonds is 6. The largest absolute Gasteiger partial charge is 0.493 e. The van der Waals surface area contributed by atoms with Gasteiger partial charge in [-0.15, -0.1) is 0 Å². The summed E-state index contributed by atoms with van der Waals surface area (Å²) in [7, 11) is 0. The molecule has 8 nitrogen and oxygen atoms in total. The van der Waals surface area contributed by atoms with Crippen LogP contribution in [0.15, 0.2) is 36.1 Å². The van der Waals surface area contributed by atoms with E-state index < -0.39 is 0 Å². The molecule has 0 atom stereocenters. The molecule has 0 bridgehead atoms. The Balaban J connectivity index is 1.70. The lowest BCUT2D eigenvalue weighted by molar-refractivity contribution is 0.201. The maximum Gasteiger partial charge on any atom is 0.322 e. The number of amides is 2. The molecule has 0 radical (unpaired) electrons. The van der Waals surface area contributed by atoms with Crippen LogP contribution in [0.4, 0.5) is 10.7 Å². The lowest BCUT2D eigenvalue weighted by Gasteiger charge is -2.18. The number of allylic oxidation sites excluding steroid dienone is 3. The number of carbonyl (C=O) groups is 1. The quantitative estimate of drug-likeness (QED) is 0.585. The SMILES string of the molecule is Nc1nc2c(c(-c3c(Cl)cc(Cl)cc3OCCCO)n1)CN(C(=O)NC1=CC=C1)C2. The first-order valence-electron chi connectivity index (χ1n) is 9.29. The Morgan fingerprint density at radius 1 is 1.30 bits per heavy atom. The van der Waals surface area contributed by atoms with E-state index in [0.717, 1.165) is 11.3 Å². The number of benzene rings is 1. The number of carbonyl (C=O) groups excluding carboxylic acids is 1. The monoisotopic (exact) mass is 447 g/mol. The van der Waals surface area contributed by atoms with E-state index in [2.05, 4.69) is 15.3 Å². The van der Waals surface area contributed by atoms with Crippen LogP contribution in [0, 0.1) is 0 Å². The van der Waals surface area contributed by atoms with Crippen LogP contribution in [0.5, 0.6) is 5.75 Å². The molecular weight excluding hydrogens is 429 g/mol. The van der Waals surface area contributed by atoms with E-state index in [4.69, 9.17) is 38.8 Å². The van der Waals surface area contributed by atoms with Crippen LogP contribution < -0.4 is 15.8 Å². The van der Waals surface area contributed by atoms with Gasteiger partial charge in [-0.25, -0.2) is 14.8 Å². The Hall–Kier alpha value is -2.81. The lowest BCUT2D eigenvalue weighted by atomic mass is 10.0. The van der Waals surface area contributed by atoms with Crippen molar-refractivity contribution in [3.8, 4) is 17.0 Å². The van der Waals surface area contributed by atoms with E-state index in [9.17, 15) is 4.79 Å². The van der Waals surface area contributed by atoms with Gasteiger partial charge in [0, 0.05) is 29.3 Å². The van der Waals surface area contributed by atoms with Crippen LogP contribution >= 0.6 is 23.2 Å². The predicted molar refractivity (Wildman–Crippen MR) is 114 cm³/mol. The molecule has 1 aromatic carbocycles. The molecular formula is C20H19Cl2N5O3. The van der Waals surface area contributed by atoms with Crippen LogP contribution in [-0.2, 0) is 13.1 Å². The Morgan fingerprint density at radius 3 is 2.80 bits per heavy atom. The first-order valence-corrected chi connectivity index (χ1v) is 10.0. The summed E-state index contributed by atoms with van der Waals surface area (Å²) in [6.45, 7) is 0.863. The highest BCUT2D eigenvalue weighted by atomic mass is 35.5. The number of urea groups is 1. The smallest absolute Gasteiger partial charge is 0.322 e. The van der Waals surface area contributed by atoms with Crippen LogP contribution in [0.25, 0.3) is 11.3 Å². The standard InChI is InChI=1S/C20H19Cl2N5O3/c21-11-7-14(22)17(16(8-11)30-6-2-5-28)18-13-9-27(10-15(13)25-19(23)26-18)20(29)24-12-3-1-4-12/h1,3-4,7-8,28H,2,5-6,9-10H2,(H,24,29)(H2,23,25,26). The second kappa shape index (κ2) is 8.51. The molecule has 0 fully saturated rings. The van der Waals surface area contributed by atoms with Gasteiger partial charge in [0.2, 0.25) is 5.95 Å². The van der Waals surface area contributed by atoms with Crippen molar-refractivity contribution in [1.82, 2.24) is 20.2 Å². The average Bonchev–Trinajstić information content (AvgIpc) is 3.08. The van der Waals surface area contributed by atoms with E-state index >= 15 is 0 Å². The number of nitrogens with zero attached hydrogens (tertiary/aromatic N) is 3. The number of ether oxygens (including phenoxy) is 1. The average molecular weight is 448 g/mol. The molecule has 30 heavy (non-hydrogen) atoms. The van der Waals surface area contributed by atoms with Gasteiger partial charge in [0.1, 0.15) is 5.75 Å². The Morgan fingerprint density at radius 2 is 2.10 bits per heavy atom. The van der Waals surface area contributed by atoms with Crippen LogP contribution in [-0.4, -0.2) is 39.2 Å². The van der Waals surface area contributed by atoms with Crippen LogP contribution in [0.3, 0.4) is 0 Å². The number of hydrogen-bond donors (Lipinski definition) is 3. The maximum atomic E-state index is 12.6. The van der Waals surface area contributed by atoms with Gasteiger partial charge in [0.05, 0.1) is 41.7 Å². The van der Waals surface area contributed by atoms with Crippen molar-refractivity contribution in [2.75, 3.05) is 18.9 Å². The van der Waals surface area contributed by atoms with Gasteiger partial charge in [-0.3, -0.25) is 0 Å². The minimum Gasteiger partial charge on any atom is -0.493 e. The van der Waals surface area contributed by atoms with Gasteiger partial charge in [0.15, 0.2) is 0 Å². The molecule has 1 aliphatic carbocycles. The number of aliphatic hydroxyl groups excluding tert-OH is 1. The van der Waals surface area contributed by atoms with Gasteiger partial charge in [-0.2, -0.15) is 0 Å². The van der Waals surface area contributed by atoms with Crippen molar-refractivity contribution in [2.45, 2.75) is 19.5 Å². The number of nitrogen functional groups attached to an aromatic ring is 1. The van der Waals surface area contributed by atoms with Crippen molar-refractivity contribution >= 4 is 35.2 Å². The fourth-order valence-corrected chi connectivity index (χ4v) is 3.81. The van der Waals surface area contributed by atoms with Crippen molar-refractivity contribution in [2.24, 2.45) is 0 Å². The molecule has 0 saturated heterocycles. The van der Waals surface area contributed by atoms with Crippen molar-refractivity contribution in [1.29, 1.82) is 0 Å². The Bertz CT molecular complexity index is 1070. The third-order valence-corrected chi connectivity index (χ3v) is 5.22. The summed E-state index contributed by atoms with van der Waals surface area (Å²) in [5.41, 5.74) is 9.12. The third kappa shape index (κ3) is 4.07. The molecule has 2 aliphatic rings. The highest BCUT2D eigenvalue weighted by Gasteiger charge is 2.31. The number of nitrogens with two attached hydrogens (primary N) is 1. The third-order valence-electron chi connectivity index (χ3n) is 4.71. The number of halogens is 2. The Kier molecular flexibility index (Phi) is 5.80. The minimum absolute atomic E-state index is 0.00478. The molecule has 0 saturated carbocycles. The van der Waals surface area contributed by atoms with Crippen LogP contribution in [0.1, 0.15) is 17.7 Å². The van der Waals surface area contributed by atoms with Gasteiger partial charge >= 0.3 is 6.03 Å². The van der Waals surface area contributed by atoms with Crippen molar-refractivity contribution in [3.05, 3.63) is 57.4 Å². The first-order chi connectivity index (χ1) is 14.5. The zero-order valence-electron chi connectivity index (χ0n) is 15.9. The first kappa shape index (κ1) is 20.5.